The molecule has 84 valence electrons. The molecule has 16 heavy (non-hydrogen) atoms. The Bertz CT molecular complexity index is 459. The highest BCUT2D eigenvalue weighted by Crippen LogP contribution is 2.26. The molecule has 1 heterocycles. The average molecular weight is 363 g/mol. The third kappa shape index (κ3) is 3.06. The Morgan fingerprint density at radius 2 is 2.25 bits per heavy atom. The first kappa shape index (κ1) is 12.1. The molecule has 0 aliphatic heterocycles. The molecule has 0 unspecified atom stereocenters. The molecule has 0 saturated carbocycles. The fraction of sp³-hybridized carbons (Fsp3) is 0.182. The molecule has 5 heteroatoms. The van der Waals surface area contributed by atoms with Crippen LogP contribution in [0.3, 0.4) is 0 Å². The maximum Gasteiger partial charge on any atom is 0.124 e. The zero-order valence-electron chi connectivity index (χ0n) is 8.32. The van der Waals surface area contributed by atoms with Gasteiger partial charge in [-0.25, -0.2) is 0 Å². The molecular formula is C11H9Br2NOS. The lowest BCUT2D eigenvalue weighted by atomic mass is 10.2. The van der Waals surface area contributed by atoms with E-state index in [2.05, 4.69) is 42.9 Å². The highest BCUT2D eigenvalue weighted by molar-refractivity contribution is 9.10. The smallest absolute Gasteiger partial charge is 0.124 e. The predicted octanol–water partition coefficient (Wildman–Crippen LogP) is 4.38. The van der Waals surface area contributed by atoms with E-state index in [0.717, 1.165) is 26.0 Å². The Labute approximate surface area is 115 Å². The number of benzene rings is 1. The average Bonchev–Trinajstić information content (AvgIpc) is 2.80. The number of aromatic nitrogens is 1. The van der Waals surface area contributed by atoms with Crippen LogP contribution in [0, 0.1) is 0 Å². The van der Waals surface area contributed by atoms with Crippen molar-refractivity contribution in [3.63, 3.8) is 0 Å². The van der Waals surface area contributed by atoms with Gasteiger partial charge < -0.3 is 4.74 Å². The quantitative estimate of drug-likeness (QED) is 0.753. The summed E-state index contributed by atoms with van der Waals surface area (Å²) in [5, 5.41) is 0.782. The normalized spacial score (nSPS) is 10.4. The van der Waals surface area contributed by atoms with E-state index < -0.39 is 0 Å². The summed E-state index contributed by atoms with van der Waals surface area (Å²) in [4.78, 5) is 5.14. The van der Waals surface area contributed by atoms with Crippen molar-refractivity contribution in [1.29, 1.82) is 0 Å². The Kier molecular flexibility index (Phi) is 4.37. The van der Waals surface area contributed by atoms with Crippen molar-refractivity contribution < 1.29 is 4.74 Å². The van der Waals surface area contributed by atoms with Crippen molar-refractivity contribution in [3.05, 3.63) is 44.8 Å². The molecule has 0 saturated heterocycles. The van der Waals surface area contributed by atoms with Crippen LogP contribution in [-0.4, -0.2) is 4.98 Å². The lowest BCUT2D eigenvalue weighted by molar-refractivity contribution is 0.307. The summed E-state index contributed by atoms with van der Waals surface area (Å²) in [5.74, 6) is 0.911. The maximum absolute atomic E-state index is 5.75. The summed E-state index contributed by atoms with van der Waals surface area (Å²) in [7, 11) is 0. The molecule has 2 nitrogen and oxygen atoms in total. The maximum atomic E-state index is 5.75. The van der Waals surface area contributed by atoms with Gasteiger partial charge in [0.05, 0.1) is 10.4 Å². The van der Waals surface area contributed by atoms with E-state index in [1.807, 2.05) is 23.8 Å². The van der Waals surface area contributed by atoms with Gasteiger partial charge in [0, 0.05) is 21.6 Å². The third-order valence-electron chi connectivity index (χ3n) is 2.02. The second-order valence-electron chi connectivity index (χ2n) is 3.14. The Morgan fingerprint density at radius 1 is 1.38 bits per heavy atom. The lowest BCUT2D eigenvalue weighted by Crippen LogP contribution is -1.96. The van der Waals surface area contributed by atoms with Gasteiger partial charge >= 0.3 is 0 Å². The topological polar surface area (TPSA) is 22.1 Å². The number of ether oxygens (including phenoxy) is 1. The van der Waals surface area contributed by atoms with Gasteiger partial charge in [-0.05, 0) is 18.2 Å². The molecule has 1 aromatic carbocycles. The van der Waals surface area contributed by atoms with E-state index in [0.29, 0.717) is 6.61 Å². The van der Waals surface area contributed by atoms with E-state index >= 15 is 0 Å². The van der Waals surface area contributed by atoms with Gasteiger partial charge in [-0.1, -0.05) is 31.9 Å². The first-order chi connectivity index (χ1) is 7.79. The van der Waals surface area contributed by atoms with Crippen LogP contribution in [-0.2, 0) is 11.9 Å². The Hall–Kier alpha value is -0.390. The molecule has 0 spiro atoms. The zero-order valence-corrected chi connectivity index (χ0v) is 12.3. The van der Waals surface area contributed by atoms with Crippen LogP contribution >= 0.6 is 43.2 Å². The molecule has 0 aliphatic rings. The molecular weight excluding hydrogens is 354 g/mol. The molecule has 2 aromatic rings. The van der Waals surface area contributed by atoms with E-state index in [1.54, 1.807) is 11.3 Å². The molecule has 0 radical (unpaired) electrons. The van der Waals surface area contributed by atoms with E-state index in [1.165, 1.54) is 0 Å². The van der Waals surface area contributed by atoms with Crippen LogP contribution in [0.25, 0.3) is 0 Å². The van der Waals surface area contributed by atoms with Gasteiger partial charge in [0.1, 0.15) is 12.4 Å². The summed E-state index contributed by atoms with van der Waals surface area (Å²) in [6, 6.07) is 6.01. The van der Waals surface area contributed by atoms with Crippen LogP contribution in [0.5, 0.6) is 5.75 Å². The number of rotatable bonds is 4. The second-order valence-corrected chi connectivity index (χ2v) is 5.59. The van der Waals surface area contributed by atoms with Gasteiger partial charge in [-0.2, -0.15) is 0 Å². The largest absolute Gasteiger partial charge is 0.488 e. The van der Waals surface area contributed by atoms with Crippen LogP contribution in [0.1, 0.15) is 10.4 Å². The highest BCUT2D eigenvalue weighted by Gasteiger charge is 2.04. The first-order valence-electron chi connectivity index (χ1n) is 4.64. The van der Waals surface area contributed by atoms with Crippen molar-refractivity contribution in [3.8, 4) is 5.75 Å². The lowest BCUT2D eigenvalue weighted by Gasteiger charge is -2.09. The highest BCUT2D eigenvalue weighted by atomic mass is 79.9. The molecule has 0 N–H and O–H groups in total. The molecule has 0 bridgehead atoms. The number of halogens is 2. The monoisotopic (exact) mass is 361 g/mol. The van der Waals surface area contributed by atoms with Gasteiger partial charge in [0.2, 0.25) is 0 Å². The van der Waals surface area contributed by atoms with Crippen molar-refractivity contribution in [2.75, 3.05) is 0 Å². The molecule has 1 aromatic heterocycles. The number of alkyl halides is 1. The minimum absolute atomic E-state index is 0.576. The minimum atomic E-state index is 0.576. The van der Waals surface area contributed by atoms with Crippen molar-refractivity contribution in [2.45, 2.75) is 11.9 Å². The minimum Gasteiger partial charge on any atom is -0.488 e. The third-order valence-corrected chi connectivity index (χ3v) is 3.87. The standard InChI is InChI=1S/C11H9Br2NOS/c12-4-8-3-9(13)1-2-11(8)15-6-10-5-14-7-16-10/h1-3,5,7H,4,6H2. The summed E-state index contributed by atoms with van der Waals surface area (Å²) in [6.45, 7) is 0.576. The Balaban J connectivity index is 2.09. The predicted molar refractivity (Wildman–Crippen MR) is 73.2 cm³/mol. The van der Waals surface area contributed by atoms with E-state index in [4.69, 9.17) is 4.74 Å². The van der Waals surface area contributed by atoms with E-state index in [9.17, 15) is 0 Å². The van der Waals surface area contributed by atoms with E-state index in [-0.39, 0.29) is 0 Å². The Morgan fingerprint density at radius 3 is 2.94 bits per heavy atom. The molecule has 0 amide bonds. The number of hydrogen-bond donors (Lipinski definition) is 0. The van der Waals surface area contributed by atoms with Gasteiger partial charge in [0.15, 0.2) is 0 Å². The number of nitrogens with zero attached hydrogens (tertiary/aromatic N) is 1. The fourth-order valence-corrected chi connectivity index (χ4v) is 2.61. The van der Waals surface area contributed by atoms with Crippen LogP contribution in [0.15, 0.2) is 34.4 Å². The summed E-state index contributed by atoms with van der Waals surface area (Å²) >= 11 is 8.49. The zero-order chi connectivity index (χ0) is 11.4. The van der Waals surface area contributed by atoms with Crippen molar-refractivity contribution >= 4 is 43.2 Å². The molecule has 0 aliphatic carbocycles. The van der Waals surface area contributed by atoms with Gasteiger partial charge in [-0.3, -0.25) is 4.98 Å². The van der Waals surface area contributed by atoms with Gasteiger partial charge in [0.25, 0.3) is 0 Å². The number of hydrogen-bond acceptors (Lipinski definition) is 3. The van der Waals surface area contributed by atoms with Crippen molar-refractivity contribution in [2.24, 2.45) is 0 Å². The van der Waals surface area contributed by atoms with Crippen LogP contribution in [0.4, 0.5) is 0 Å². The summed E-state index contributed by atoms with van der Waals surface area (Å²) in [6.07, 6.45) is 1.83. The van der Waals surface area contributed by atoms with Crippen molar-refractivity contribution in [1.82, 2.24) is 4.98 Å². The second kappa shape index (κ2) is 5.80. The number of thiazole rings is 1. The van der Waals surface area contributed by atoms with Crippen LogP contribution < -0.4 is 4.74 Å². The SMILES string of the molecule is BrCc1cc(Br)ccc1OCc1cncs1. The summed E-state index contributed by atoms with van der Waals surface area (Å²) < 4.78 is 6.81. The summed E-state index contributed by atoms with van der Waals surface area (Å²) in [5.41, 5.74) is 2.95. The molecule has 2 rings (SSSR count). The first-order valence-corrected chi connectivity index (χ1v) is 7.43. The van der Waals surface area contributed by atoms with Gasteiger partial charge in [-0.15, -0.1) is 11.3 Å². The molecule has 0 fully saturated rings. The fourth-order valence-electron chi connectivity index (χ4n) is 1.26. The molecule has 0 atom stereocenters. The van der Waals surface area contributed by atoms with Crippen LogP contribution in [0.2, 0.25) is 0 Å².